The number of hydrogen-bond donors (Lipinski definition) is 1. The molecule has 4 rings (SSSR count). The molecule has 0 radical (unpaired) electrons. The molecule has 0 atom stereocenters. The van der Waals surface area contributed by atoms with E-state index in [1.165, 1.54) is 6.33 Å². The van der Waals surface area contributed by atoms with Crippen molar-refractivity contribution >= 4 is 17.4 Å². The molecular formula is C24H20N4O2. The van der Waals surface area contributed by atoms with Crippen LogP contribution in [0, 0.1) is 13.8 Å². The molecule has 0 aliphatic carbocycles. The lowest BCUT2D eigenvalue weighted by Crippen LogP contribution is -2.14. The molecule has 1 aromatic heterocycles. The van der Waals surface area contributed by atoms with Gasteiger partial charge in [-0.05, 0) is 50.2 Å². The van der Waals surface area contributed by atoms with Crippen molar-refractivity contribution in [2.45, 2.75) is 13.8 Å². The van der Waals surface area contributed by atoms with Crippen LogP contribution in [0.2, 0.25) is 0 Å². The molecule has 0 unspecified atom stereocenters. The van der Waals surface area contributed by atoms with Crippen LogP contribution >= 0.6 is 0 Å². The van der Waals surface area contributed by atoms with E-state index in [0.29, 0.717) is 16.8 Å². The lowest BCUT2D eigenvalue weighted by atomic mass is 10.0. The number of nitrogens with zero attached hydrogens (tertiary/aromatic N) is 3. The van der Waals surface area contributed by atoms with Gasteiger partial charge in [-0.3, -0.25) is 9.59 Å². The second-order valence-corrected chi connectivity index (χ2v) is 7.07. The Balaban J connectivity index is 1.44. The van der Waals surface area contributed by atoms with Gasteiger partial charge < -0.3 is 5.32 Å². The molecule has 6 heteroatoms. The fraction of sp³-hybridized carbons (Fsp3) is 0.0833. The number of rotatable bonds is 5. The summed E-state index contributed by atoms with van der Waals surface area (Å²) in [6.07, 6.45) is 1.50. The van der Waals surface area contributed by atoms with Crippen LogP contribution in [0.15, 0.2) is 79.1 Å². The third-order valence-electron chi connectivity index (χ3n) is 4.71. The van der Waals surface area contributed by atoms with Gasteiger partial charge in [0.2, 0.25) is 5.82 Å². The Labute approximate surface area is 174 Å². The summed E-state index contributed by atoms with van der Waals surface area (Å²) >= 11 is 0. The molecule has 1 amide bonds. The number of anilines is 1. The van der Waals surface area contributed by atoms with E-state index in [0.717, 1.165) is 16.8 Å². The third kappa shape index (κ3) is 4.17. The molecule has 1 N–H and O–H groups in total. The van der Waals surface area contributed by atoms with E-state index in [2.05, 4.69) is 15.4 Å². The summed E-state index contributed by atoms with van der Waals surface area (Å²) in [5.74, 6) is -0.416. The van der Waals surface area contributed by atoms with Crippen molar-refractivity contribution in [3.63, 3.8) is 0 Å². The van der Waals surface area contributed by atoms with E-state index < -0.39 is 5.91 Å². The van der Waals surface area contributed by atoms with Crippen molar-refractivity contribution in [1.29, 1.82) is 0 Å². The molecular weight excluding hydrogens is 376 g/mol. The van der Waals surface area contributed by atoms with E-state index >= 15 is 0 Å². The number of aryl methyl sites for hydroxylation is 2. The molecule has 0 spiro atoms. The number of nitrogens with one attached hydrogen (secondary N) is 1. The standard InChI is InChI=1S/C24H20N4O2/c1-16-3-7-18(8-4-16)22(29)19-9-11-20(12-10-19)26-24(30)23-25-15-28(27-23)21-13-5-17(2)6-14-21/h3-15H,1-2H3,(H,26,30). The van der Waals surface area contributed by atoms with Crippen LogP contribution in [0.4, 0.5) is 5.69 Å². The summed E-state index contributed by atoms with van der Waals surface area (Å²) in [6, 6.07) is 22.0. The first-order valence-electron chi connectivity index (χ1n) is 9.51. The molecule has 0 bridgehead atoms. The van der Waals surface area contributed by atoms with Crippen LogP contribution in [-0.4, -0.2) is 26.5 Å². The average molecular weight is 396 g/mol. The van der Waals surface area contributed by atoms with Crippen molar-refractivity contribution in [3.05, 3.63) is 107 Å². The van der Waals surface area contributed by atoms with Crippen LogP contribution in [0.5, 0.6) is 0 Å². The highest BCUT2D eigenvalue weighted by Gasteiger charge is 2.14. The van der Waals surface area contributed by atoms with Crippen molar-refractivity contribution in [2.75, 3.05) is 5.32 Å². The highest BCUT2D eigenvalue weighted by molar-refractivity contribution is 6.09. The van der Waals surface area contributed by atoms with Crippen molar-refractivity contribution in [3.8, 4) is 5.69 Å². The van der Waals surface area contributed by atoms with E-state index in [9.17, 15) is 9.59 Å². The summed E-state index contributed by atoms with van der Waals surface area (Å²) in [6.45, 7) is 3.98. The number of carbonyl (C=O) groups is 2. The third-order valence-corrected chi connectivity index (χ3v) is 4.71. The highest BCUT2D eigenvalue weighted by atomic mass is 16.2. The fourth-order valence-electron chi connectivity index (χ4n) is 2.95. The Morgan fingerprint density at radius 3 is 1.90 bits per heavy atom. The molecule has 3 aromatic carbocycles. The van der Waals surface area contributed by atoms with Gasteiger partial charge in [0, 0.05) is 16.8 Å². The molecule has 6 nitrogen and oxygen atoms in total. The number of carbonyl (C=O) groups excluding carboxylic acids is 2. The molecule has 30 heavy (non-hydrogen) atoms. The van der Waals surface area contributed by atoms with Gasteiger partial charge in [0.05, 0.1) is 5.69 Å². The van der Waals surface area contributed by atoms with Crippen LogP contribution in [0.3, 0.4) is 0 Å². The maximum absolute atomic E-state index is 12.6. The number of hydrogen-bond acceptors (Lipinski definition) is 4. The molecule has 0 saturated carbocycles. The predicted molar refractivity (Wildman–Crippen MR) is 115 cm³/mol. The number of benzene rings is 3. The monoisotopic (exact) mass is 396 g/mol. The summed E-state index contributed by atoms with van der Waals surface area (Å²) in [5.41, 5.74) is 4.81. The Hall–Kier alpha value is -4.06. The minimum absolute atomic E-state index is 0.0635. The smallest absolute Gasteiger partial charge is 0.295 e. The van der Waals surface area contributed by atoms with E-state index in [4.69, 9.17) is 0 Å². The predicted octanol–water partition coefficient (Wildman–Crippen LogP) is 4.37. The normalized spacial score (nSPS) is 10.6. The maximum Gasteiger partial charge on any atom is 0.295 e. The van der Waals surface area contributed by atoms with E-state index in [1.54, 1.807) is 28.9 Å². The number of aromatic nitrogens is 3. The van der Waals surface area contributed by atoms with Crippen LogP contribution in [-0.2, 0) is 0 Å². The van der Waals surface area contributed by atoms with Crippen LogP contribution in [0.25, 0.3) is 5.69 Å². The molecule has 0 fully saturated rings. The Kier molecular flexibility index (Phi) is 5.22. The first kappa shape index (κ1) is 19.3. The summed E-state index contributed by atoms with van der Waals surface area (Å²) in [7, 11) is 0. The SMILES string of the molecule is Cc1ccc(C(=O)c2ccc(NC(=O)c3ncn(-c4ccc(C)cc4)n3)cc2)cc1. The van der Waals surface area contributed by atoms with Gasteiger partial charge in [-0.2, -0.15) is 0 Å². The Morgan fingerprint density at radius 1 is 0.767 bits per heavy atom. The molecule has 0 aliphatic rings. The summed E-state index contributed by atoms with van der Waals surface area (Å²) < 4.78 is 1.55. The zero-order valence-electron chi connectivity index (χ0n) is 16.7. The quantitative estimate of drug-likeness (QED) is 0.508. The van der Waals surface area contributed by atoms with Crippen molar-refractivity contribution in [1.82, 2.24) is 14.8 Å². The van der Waals surface area contributed by atoms with Gasteiger partial charge >= 0.3 is 0 Å². The van der Waals surface area contributed by atoms with E-state index in [1.807, 2.05) is 62.4 Å². The lowest BCUT2D eigenvalue weighted by Gasteiger charge is -2.05. The molecule has 1 heterocycles. The van der Waals surface area contributed by atoms with Crippen LogP contribution in [0.1, 0.15) is 37.7 Å². The van der Waals surface area contributed by atoms with Crippen molar-refractivity contribution in [2.24, 2.45) is 0 Å². The Morgan fingerprint density at radius 2 is 1.30 bits per heavy atom. The van der Waals surface area contributed by atoms with E-state index in [-0.39, 0.29) is 11.6 Å². The van der Waals surface area contributed by atoms with Gasteiger partial charge in [0.1, 0.15) is 6.33 Å². The van der Waals surface area contributed by atoms with Gasteiger partial charge in [0.25, 0.3) is 5.91 Å². The average Bonchev–Trinajstić information content (AvgIpc) is 3.25. The largest absolute Gasteiger partial charge is 0.319 e. The van der Waals surface area contributed by atoms with Gasteiger partial charge in [0.15, 0.2) is 5.78 Å². The zero-order chi connectivity index (χ0) is 21.1. The zero-order valence-corrected chi connectivity index (χ0v) is 16.7. The van der Waals surface area contributed by atoms with Crippen molar-refractivity contribution < 1.29 is 9.59 Å². The number of amides is 1. The number of ketones is 1. The lowest BCUT2D eigenvalue weighted by molar-refractivity contribution is 0.101. The second kappa shape index (κ2) is 8.13. The van der Waals surface area contributed by atoms with Gasteiger partial charge in [-0.1, -0.05) is 47.5 Å². The second-order valence-electron chi connectivity index (χ2n) is 7.07. The molecule has 0 aliphatic heterocycles. The van der Waals surface area contributed by atoms with Crippen LogP contribution < -0.4 is 5.32 Å². The first-order chi connectivity index (χ1) is 14.5. The summed E-state index contributed by atoms with van der Waals surface area (Å²) in [4.78, 5) is 29.1. The Bertz CT molecular complexity index is 1190. The molecule has 4 aromatic rings. The maximum atomic E-state index is 12.6. The minimum atomic E-state index is -0.418. The first-order valence-corrected chi connectivity index (χ1v) is 9.51. The topological polar surface area (TPSA) is 76.9 Å². The fourth-order valence-corrected chi connectivity index (χ4v) is 2.95. The highest BCUT2D eigenvalue weighted by Crippen LogP contribution is 2.15. The molecule has 0 saturated heterocycles. The van der Waals surface area contributed by atoms with Gasteiger partial charge in [-0.25, -0.2) is 9.67 Å². The van der Waals surface area contributed by atoms with Gasteiger partial charge in [-0.15, -0.1) is 5.10 Å². The molecule has 148 valence electrons. The minimum Gasteiger partial charge on any atom is -0.319 e. The summed E-state index contributed by atoms with van der Waals surface area (Å²) in [5, 5.41) is 7.00.